The zero-order chi connectivity index (χ0) is 19.8. The molecule has 0 unspecified atom stereocenters. The Balaban J connectivity index is 1.47. The smallest absolute Gasteiger partial charge is 0.243 e. The molecule has 1 heterocycles. The van der Waals surface area contributed by atoms with Crippen LogP contribution in [0, 0.1) is 5.92 Å². The molecule has 0 bridgehead atoms. The summed E-state index contributed by atoms with van der Waals surface area (Å²) in [6.07, 6.45) is 3.48. The van der Waals surface area contributed by atoms with Gasteiger partial charge in [-0.3, -0.25) is 0 Å². The van der Waals surface area contributed by atoms with E-state index in [1.54, 1.807) is 34.6 Å². The highest BCUT2D eigenvalue weighted by molar-refractivity contribution is 7.89. The van der Waals surface area contributed by atoms with E-state index in [2.05, 4.69) is 18.0 Å². The first-order valence-electron chi connectivity index (χ1n) is 9.69. The van der Waals surface area contributed by atoms with Crippen molar-refractivity contribution in [3.8, 4) is 5.75 Å². The molecule has 28 heavy (non-hydrogen) atoms. The molecular formula is C22H28N2O3S. The van der Waals surface area contributed by atoms with Gasteiger partial charge in [-0.1, -0.05) is 49.1 Å². The Morgan fingerprint density at radius 1 is 1.07 bits per heavy atom. The second-order valence-electron chi connectivity index (χ2n) is 7.00. The summed E-state index contributed by atoms with van der Waals surface area (Å²) >= 11 is 0. The van der Waals surface area contributed by atoms with Crippen LogP contribution in [0.25, 0.3) is 0 Å². The average molecular weight is 401 g/mol. The van der Waals surface area contributed by atoms with Gasteiger partial charge in [0.15, 0.2) is 0 Å². The van der Waals surface area contributed by atoms with E-state index in [1.165, 1.54) is 0 Å². The predicted molar refractivity (Wildman–Crippen MR) is 112 cm³/mol. The largest absolute Gasteiger partial charge is 0.489 e. The first-order chi connectivity index (χ1) is 13.6. The molecule has 1 aliphatic heterocycles. The Labute approximate surface area is 168 Å². The monoisotopic (exact) mass is 400 g/mol. The first kappa shape index (κ1) is 20.6. The van der Waals surface area contributed by atoms with Gasteiger partial charge < -0.3 is 10.1 Å². The molecule has 150 valence electrons. The molecule has 5 nitrogen and oxygen atoms in total. The Bertz CT molecular complexity index is 860. The topological polar surface area (TPSA) is 58.6 Å². The first-order valence-corrected chi connectivity index (χ1v) is 11.1. The third-order valence-corrected chi connectivity index (χ3v) is 6.95. The lowest BCUT2D eigenvalue weighted by atomic mass is 9.98. The van der Waals surface area contributed by atoms with E-state index in [9.17, 15) is 8.42 Å². The standard InChI is InChI=1S/C22H28N2O3S/c1-2-16-27-22-11-7-6-8-20(22)18-23-17-19-12-14-24(15-13-19)28(25,26)21-9-4-3-5-10-21/h2-11,19,23H,1,12-18H2. The van der Waals surface area contributed by atoms with Crippen LogP contribution in [0.2, 0.25) is 0 Å². The fraction of sp³-hybridized carbons (Fsp3) is 0.364. The highest BCUT2D eigenvalue weighted by Gasteiger charge is 2.29. The number of ether oxygens (including phenoxy) is 1. The van der Waals surface area contributed by atoms with Gasteiger partial charge in [-0.05, 0) is 43.5 Å². The van der Waals surface area contributed by atoms with Crippen molar-refractivity contribution >= 4 is 10.0 Å². The van der Waals surface area contributed by atoms with Gasteiger partial charge in [0.2, 0.25) is 10.0 Å². The summed E-state index contributed by atoms with van der Waals surface area (Å²) < 4.78 is 32.7. The zero-order valence-electron chi connectivity index (χ0n) is 16.1. The molecule has 0 saturated carbocycles. The van der Waals surface area contributed by atoms with Crippen LogP contribution < -0.4 is 10.1 Å². The number of rotatable bonds is 9. The van der Waals surface area contributed by atoms with E-state index < -0.39 is 10.0 Å². The second-order valence-corrected chi connectivity index (χ2v) is 8.94. The van der Waals surface area contributed by atoms with Gasteiger partial charge in [0.05, 0.1) is 4.90 Å². The zero-order valence-corrected chi connectivity index (χ0v) is 16.9. The van der Waals surface area contributed by atoms with Crippen molar-refractivity contribution in [3.05, 3.63) is 72.8 Å². The molecule has 0 atom stereocenters. The molecule has 1 aliphatic rings. The Hall–Kier alpha value is -2.15. The molecule has 6 heteroatoms. The van der Waals surface area contributed by atoms with Crippen LogP contribution in [0.4, 0.5) is 0 Å². The number of nitrogens with one attached hydrogen (secondary N) is 1. The van der Waals surface area contributed by atoms with E-state index in [0.29, 0.717) is 30.5 Å². The summed E-state index contributed by atoms with van der Waals surface area (Å²) in [5.74, 6) is 1.35. The molecule has 1 N–H and O–H groups in total. The minimum absolute atomic E-state index is 0.378. The molecule has 0 aliphatic carbocycles. The molecule has 2 aromatic carbocycles. The molecular weight excluding hydrogens is 372 g/mol. The van der Waals surface area contributed by atoms with Crippen LogP contribution in [0.5, 0.6) is 5.75 Å². The van der Waals surface area contributed by atoms with E-state index in [4.69, 9.17) is 4.74 Å². The lowest BCUT2D eigenvalue weighted by Gasteiger charge is -2.31. The van der Waals surface area contributed by atoms with Crippen molar-refractivity contribution in [2.75, 3.05) is 26.2 Å². The van der Waals surface area contributed by atoms with Crippen LogP contribution in [-0.2, 0) is 16.6 Å². The minimum Gasteiger partial charge on any atom is -0.489 e. The van der Waals surface area contributed by atoms with Gasteiger partial charge in [0, 0.05) is 25.2 Å². The molecule has 0 aromatic heterocycles. The van der Waals surface area contributed by atoms with E-state index in [-0.39, 0.29) is 0 Å². The van der Waals surface area contributed by atoms with E-state index >= 15 is 0 Å². The van der Waals surface area contributed by atoms with Crippen molar-refractivity contribution in [2.24, 2.45) is 5.92 Å². The third-order valence-electron chi connectivity index (χ3n) is 5.03. The fourth-order valence-electron chi connectivity index (χ4n) is 3.45. The van der Waals surface area contributed by atoms with Crippen LogP contribution in [0.1, 0.15) is 18.4 Å². The summed E-state index contributed by atoms with van der Waals surface area (Å²) in [7, 11) is -3.38. The predicted octanol–water partition coefficient (Wildman–Crippen LogP) is 3.44. The van der Waals surface area contributed by atoms with Gasteiger partial charge >= 0.3 is 0 Å². The maximum atomic E-state index is 12.7. The third kappa shape index (κ3) is 5.22. The van der Waals surface area contributed by atoms with Gasteiger partial charge in [-0.25, -0.2) is 8.42 Å². The summed E-state index contributed by atoms with van der Waals surface area (Å²) in [6, 6.07) is 16.7. The van der Waals surface area contributed by atoms with Crippen molar-refractivity contribution < 1.29 is 13.2 Å². The lowest BCUT2D eigenvalue weighted by Crippen LogP contribution is -2.40. The van der Waals surface area contributed by atoms with Crippen LogP contribution in [0.15, 0.2) is 72.1 Å². The number of piperidine rings is 1. The molecule has 2 aromatic rings. The maximum Gasteiger partial charge on any atom is 0.243 e. The van der Waals surface area contributed by atoms with Gasteiger partial charge in [-0.2, -0.15) is 4.31 Å². The Kier molecular flexibility index (Phi) is 7.25. The molecule has 0 spiro atoms. The molecule has 3 rings (SSSR count). The highest BCUT2D eigenvalue weighted by Crippen LogP contribution is 2.24. The summed E-state index contributed by atoms with van der Waals surface area (Å²) in [5, 5.41) is 3.50. The lowest BCUT2D eigenvalue weighted by molar-refractivity contribution is 0.266. The van der Waals surface area contributed by atoms with Crippen molar-refractivity contribution in [2.45, 2.75) is 24.3 Å². The van der Waals surface area contributed by atoms with Gasteiger partial charge in [0.25, 0.3) is 0 Å². The van der Waals surface area contributed by atoms with E-state index in [0.717, 1.165) is 37.2 Å². The fourth-order valence-corrected chi connectivity index (χ4v) is 4.94. The summed E-state index contributed by atoms with van der Waals surface area (Å²) in [6.45, 7) is 6.92. The van der Waals surface area contributed by atoms with Crippen LogP contribution in [-0.4, -0.2) is 39.0 Å². The number of nitrogens with zero attached hydrogens (tertiary/aromatic N) is 1. The number of hydrogen-bond acceptors (Lipinski definition) is 4. The maximum absolute atomic E-state index is 12.7. The normalized spacial score (nSPS) is 16.0. The number of hydrogen-bond donors (Lipinski definition) is 1. The second kappa shape index (κ2) is 9.87. The van der Waals surface area contributed by atoms with Crippen LogP contribution >= 0.6 is 0 Å². The Morgan fingerprint density at radius 2 is 1.75 bits per heavy atom. The summed E-state index contributed by atoms with van der Waals surface area (Å²) in [5.41, 5.74) is 1.12. The van der Waals surface area contributed by atoms with Gasteiger partial charge in [-0.15, -0.1) is 0 Å². The van der Waals surface area contributed by atoms with Gasteiger partial charge in [0.1, 0.15) is 12.4 Å². The number of para-hydroxylation sites is 1. The summed E-state index contributed by atoms with van der Waals surface area (Å²) in [4.78, 5) is 0.378. The molecule has 0 amide bonds. The quantitative estimate of drug-likeness (QED) is 0.655. The Morgan fingerprint density at radius 3 is 2.46 bits per heavy atom. The molecule has 1 saturated heterocycles. The molecule has 0 radical (unpaired) electrons. The molecule has 1 fully saturated rings. The van der Waals surface area contributed by atoms with Crippen LogP contribution in [0.3, 0.4) is 0 Å². The SMILES string of the molecule is C=CCOc1ccccc1CNCC1CCN(S(=O)(=O)c2ccccc2)CC1. The van der Waals surface area contributed by atoms with Crippen molar-refractivity contribution in [1.29, 1.82) is 0 Å². The minimum atomic E-state index is -3.38. The van der Waals surface area contributed by atoms with E-state index in [1.807, 2.05) is 24.3 Å². The average Bonchev–Trinajstić information content (AvgIpc) is 2.74. The van der Waals surface area contributed by atoms with Crippen molar-refractivity contribution in [1.82, 2.24) is 9.62 Å². The number of sulfonamides is 1. The van der Waals surface area contributed by atoms with Crippen molar-refractivity contribution in [3.63, 3.8) is 0 Å². The number of benzene rings is 2. The highest BCUT2D eigenvalue weighted by atomic mass is 32.2.